The molecule has 0 unspecified atom stereocenters. The molecule has 0 saturated carbocycles. The molecule has 1 N–H and O–H groups in total. The lowest BCUT2D eigenvalue weighted by Gasteiger charge is -2.08. The van der Waals surface area contributed by atoms with Crippen molar-refractivity contribution in [2.45, 2.75) is 18.7 Å². The van der Waals surface area contributed by atoms with E-state index < -0.39 is 9.84 Å². The van der Waals surface area contributed by atoms with E-state index in [1.807, 2.05) is 31.3 Å². The molecule has 4 rings (SSSR count). The quantitative estimate of drug-likeness (QED) is 0.532. The van der Waals surface area contributed by atoms with Crippen LogP contribution in [0.25, 0.3) is 33.1 Å². The highest BCUT2D eigenvalue weighted by Crippen LogP contribution is 2.37. The number of nitrogens with one attached hydrogen (secondary N) is 1. The van der Waals surface area contributed by atoms with Crippen molar-refractivity contribution in [2.75, 3.05) is 5.75 Å². The van der Waals surface area contributed by atoms with Gasteiger partial charge in [0, 0.05) is 27.5 Å². The van der Waals surface area contributed by atoms with E-state index in [1.54, 1.807) is 25.1 Å². The number of benzene rings is 2. The number of hydrogen-bond acceptors (Lipinski definition) is 3. The smallest absolute Gasteiger partial charge is 0.178 e. The number of sulfone groups is 1. The van der Waals surface area contributed by atoms with Crippen LogP contribution in [0.5, 0.6) is 0 Å². The topological polar surface area (TPSA) is 62.8 Å². The largest absolute Gasteiger partial charge is 0.339 e. The first-order valence-corrected chi connectivity index (χ1v) is 10.3. The first-order valence-electron chi connectivity index (χ1n) is 8.30. The number of rotatable bonds is 3. The summed E-state index contributed by atoms with van der Waals surface area (Å²) in [6.07, 6.45) is 1.81. The Morgan fingerprint density at radius 3 is 2.73 bits per heavy atom. The van der Waals surface area contributed by atoms with Gasteiger partial charge < -0.3 is 4.98 Å². The molecule has 0 radical (unpaired) electrons. The van der Waals surface area contributed by atoms with E-state index in [1.165, 1.54) is 0 Å². The number of halogens is 1. The van der Waals surface area contributed by atoms with E-state index in [-0.39, 0.29) is 5.75 Å². The zero-order chi connectivity index (χ0) is 18.5. The predicted octanol–water partition coefficient (Wildman–Crippen LogP) is 5.14. The number of aromatic amines is 1. The van der Waals surface area contributed by atoms with Crippen LogP contribution in [0.15, 0.2) is 53.6 Å². The van der Waals surface area contributed by atoms with Crippen molar-refractivity contribution in [3.8, 4) is 11.1 Å². The highest BCUT2D eigenvalue weighted by Gasteiger charge is 2.16. The van der Waals surface area contributed by atoms with Crippen LogP contribution in [0.2, 0.25) is 5.02 Å². The SMILES string of the molecule is CCS(=O)(=O)c1cccc(-c2cc(Cl)cc3[nH]c4ncc(C)cc4c23)c1. The fourth-order valence-corrected chi connectivity index (χ4v) is 4.38. The van der Waals surface area contributed by atoms with Crippen LogP contribution in [0.3, 0.4) is 0 Å². The number of nitrogens with zero attached hydrogens (tertiary/aromatic N) is 1. The highest BCUT2D eigenvalue weighted by atomic mass is 35.5. The lowest BCUT2D eigenvalue weighted by molar-refractivity contribution is 0.597. The lowest BCUT2D eigenvalue weighted by Crippen LogP contribution is -2.03. The van der Waals surface area contributed by atoms with Crippen molar-refractivity contribution in [2.24, 2.45) is 0 Å². The second kappa shape index (κ2) is 6.11. The van der Waals surface area contributed by atoms with Crippen LogP contribution in [0.1, 0.15) is 12.5 Å². The molecule has 0 atom stereocenters. The Kier molecular flexibility index (Phi) is 4.01. The molecule has 2 aromatic heterocycles. The maximum Gasteiger partial charge on any atom is 0.178 e. The second-order valence-electron chi connectivity index (χ2n) is 6.34. The average Bonchev–Trinajstić information content (AvgIpc) is 2.98. The Balaban J connectivity index is 2.07. The molecule has 0 saturated heterocycles. The van der Waals surface area contributed by atoms with Gasteiger partial charge in [-0.2, -0.15) is 0 Å². The fraction of sp³-hybridized carbons (Fsp3) is 0.150. The van der Waals surface area contributed by atoms with E-state index >= 15 is 0 Å². The number of fused-ring (bicyclic) bond motifs is 3. The van der Waals surface area contributed by atoms with Gasteiger partial charge in [-0.1, -0.05) is 30.7 Å². The van der Waals surface area contributed by atoms with Crippen molar-refractivity contribution < 1.29 is 8.42 Å². The van der Waals surface area contributed by atoms with Gasteiger partial charge in [0.1, 0.15) is 5.65 Å². The normalized spacial score (nSPS) is 12.1. The van der Waals surface area contributed by atoms with E-state index in [4.69, 9.17) is 11.6 Å². The van der Waals surface area contributed by atoms with Gasteiger partial charge in [-0.3, -0.25) is 0 Å². The van der Waals surface area contributed by atoms with Gasteiger partial charge >= 0.3 is 0 Å². The molecular weight excluding hydrogens is 368 g/mol. The molecule has 0 fully saturated rings. The number of H-pyrrole nitrogens is 1. The highest BCUT2D eigenvalue weighted by molar-refractivity contribution is 7.91. The summed E-state index contributed by atoms with van der Waals surface area (Å²) in [5, 5.41) is 2.57. The molecule has 0 amide bonds. The fourth-order valence-electron chi connectivity index (χ4n) is 3.23. The Bertz CT molecular complexity index is 1260. The van der Waals surface area contributed by atoms with Crippen molar-refractivity contribution >= 4 is 43.4 Å². The van der Waals surface area contributed by atoms with Gasteiger partial charge in [0.25, 0.3) is 0 Å². The zero-order valence-electron chi connectivity index (χ0n) is 14.4. The molecular formula is C20H17ClN2O2S. The van der Waals surface area contributed by atoms with Crippen molar-refractivity contribution in [1.29, 1.82) is 0 Å². The molecule has 0 aliphatic rings. The first-order chi connectivity index (χ1) is 12.4. The molecule has 4 aromatic rings. The summed E-state index contributed by atoms with van der Waals surface area (Å²) in [7, 11) is -3.28. The average molecular weight is 385 g/mol. The van der Waals surface area contributed by atoms with Crippen molar-refractivity contribution in [3.63, 3.8) is 0 Å². The third kappa shape index (κ3) is 2.77. The minimum absolute atomic E-state index is 0.0671. The molecule has 2 aromatic carbocycles. The zero-order valence-corrected chi connectivity index (χ0v) is 15.9. The maximum atomic E-state index is 12.3. The number of aryl methyl sites for hydroxylation is 1. The van der Waals surface area contributed by atoms with Crippen molar-refractivity contribution in [3.05, 3.63) is 59.2 Å². The molecule has 26 heavy (non-hydrogen) atoms. The number of hydrogen-bond donors (Lipinski definition) is 1. The maximum absolute atomic E-state index is 12.3. The summed E-state index contributed by atoms with van der Waals surface area (Å²) in [4.78, 5) is 8.08. The molecule has 2 heterocycles. The summed E-state index contributed by atoms with van der Waals surface area (Å²) in [6, 6.07) is 12.8. The number of aromatic nitrogens is 2. The Morgan fingerprint density at radius 1 is 1.15 bits per heavy atom. The van der Waals surface area contributed by atoms with Crippen LogP contribution in [-0.4, -0.2) is 24.1 Å². The van der Waals surface area contributed by atoms with E-state index in [2.05, 4.69) is 16.0 Å². The molecule has 132 valence electrons. The van der Waals surface area contributed by atoms with E-state index in [9.17, 15) is 8.42 Å². The standard InChI is InChI=1S/C20H17ClN2O2S/c1-3-26(24,25)15-6-4-5-13(8-15)16-9-14(21)10-18-19(16)17-7-12(2)11-22-20(17)23-18/h4-11H,3H2,1-2H3,(H,22,23). The van der Waals surface area contributed by atoms with Crippen LogP contribution in [0, 0.1) is 6.92 Å². The van der Waals surface area contributed by atoms with Crippen molar-refractivity contribution in [1.82, 2.24) is 9.97 Å². The lowest BCUT2D eigenvalue weighted by atomic mass is 9.99. The molecule has 4 nitrogen and oxygen atoms in total. The predicted molar refractivity (Wildman–Crippen MR) is 107 cm³/mol. The minimum Gasteiger partial charge on any atom is -0.339 e. The van der Waals surface area contributed by atoms with Gasteiger partial charge in [-0.25, -0.2) is 13.4 Å². The summed E-state index contributed by atoms with van der Waals surface area (Å²) >= 11 is 6.33. The summed E-state index contributed by atoms with van der Waals surface area (Å²) in [6.45, 7) is 3.64. The van der Waals surface area contributed by atoms with Gasteiger partial charge in [0.15, 0.2) is 9.84 Å². The minimum atomic E-state index is -3.28. The molecule has 0 aliphatic carbocycles. The summed E-state index contributed by atoms with van der Waals surface area (Å²) in [5.74, 6) is 0.0671. The molecule has 0 aliphatic heterocycles. The van der Waals surface area contributed by atoms with Crippen LogP contribution in [0.4, 0.5) is 0 Å². The Morgan fingerprint density at radius 2 is 1.96 bits per heavy atom. The monoisotopic (exact) mass is 384 g/mol. The van der Waals surface area contributed by atoms with E-state index in [0.717, 1.165) is 38.6 Å². The molecule has 0 spiro atoms. The van der Waals surface area contributed by atoms with E-state index in [0.29, 0.717) is 9.92 Å². The Hall–Kier alpha value is -2.37. The summed E-state index contributed by atoms with van der Waals surface area (Å²) < 4.78 is 24.6. The van der Waals surface area contributed by atoms with Gasteiger partial charge in [0.05, 0.1) is 10.6 Å². The van der Waals surface area contributed by atoms with Gasteiger partial charge in [0.2, 0.25) is 0 Å². The Labute approximate surface area is 156 Å². The first kappa shape index (κ1) is 17.1. The van der Waals surface area contributed by atoms with Crippen LogP contribution < -0.4 is 0 Å². The van der Waals surface area contributed by atoms with Crippen LogP contribution >= 0.6 is 11.6 Å². The third-order valence-electron chi connectivity index (χ3n) is 4.53. The van der Waals surface area contributed by atoms with Crippen LogP contribution in [-0.2, 0) is 9.84 Å². The third-order valence-corrected chi connectivity index (χ3v) is 6.48. The van der Waals surface area contributed by atoms with Gasteiger partial charge in [-0.15, -0.1) is 0 Å². The second-order valence-corrected chi connectivity index (χ2v) is 9.06. The molecule has 0 bridgehead atoms. The molecule has 6 heteroatoms. The van der Waals surface area contributed by atoms with Gasteiger partial charge in [-0.05, 0) is 53.9 Å². The summed E-state index contributed by atoms with van der Waals surface area (Å²) in [5.41, 5.74) is 4.42. The number of pyridine rings is 1.